The molecule has 1 N–H and O–H groups in total. The molecular weight excluding hydrogens is 222 g/mol. The third-order valence-electron chi connectivity index (χ3n) is 3.78. The summed E-state index contributed by atoms with van der Waals surface area (Å²) in [4.78, 5) is 13.7. The number of aliphatic carboxylic acids is 1. The number of hydrogen-bond donors (Lipinski definition) is 1. The number of carboxylic acids is 1. The Labute approximate surface area is 103 Å². The van der Waals surface area contributed by atoms with E-state index in [1.54, 1.807) is 11.8 Å². The number of thioether (sulfide) groups is 1. The van der Waals surface area contributed by atoms with Crippen molar-refractivity contribution < 1.29 is 9.90 Å². The van der Waals surface area contributed by atoms with Gasteiger partial charge in [0.05, 0.1) is 0 Å². The fraction of sp³-hybridized carbons (Fsp3) is 0.917. The van der Waals surface area contributed by atoms with Crippen molar-refractivity contribution in [3.8, 4) is 0 Å². The molecule has 4 heteroatoms. The van der Waals surface area contributed by atoms with Crippen LogP contribution in [-0.2, 0) is 4.79 Å². The quantitative estimate of drug-likeness (QED) is 0.808. The van der Waals surface area contributed by atoms with Crippen LogP contribution in [0, 0.1) is 0 Å². The summed E-state index contributed by atoms with van der Waals surface area (Å²) in [5.74, 6) is 1.19. The van der Waals surface area contributed by atoms with Gasteiger partial charge in [0.15, 0.2) is 0 Å². The predicted molar refractivity (Wildman–Crippen MR) is 69.1 cm³/mol. The summed E-state index contributed by atoms with van der Waals surface area (Å²) in [6, 6.07) is 0.384. The molecule has 1 fully saturated rings. The van der Waals surface area contributed by atoms with Crippen molar-refractivity contribution in [3.63, 3.8) is 0 Å². The summed E-state index contributed by atoms with van der Waals surface area (Å²) in [5, 5.41) is 9.54. The smallest absolute Gasteiger partial charge is 0.324 e. The van der Waals surface area contributed by atoms with Crippen molar-refractivity contribution in [1.29, 1.82) is 0 Å². The number of likely N-dealkylation sites (N-methyl/N-ethyl adjacent to an activating group) is 1. The van der Waals surface area contributed by atoms with Gasteiger partial charge in [0.25, 0.3) is 0 Å². The molecule has 0 aliphatic carbocycles. The average Bonchev–Trinajstić information content (AvgIpc) is 2.31. The highest BCUT2D eigenvalue weighted by Crippen LogP contribution is 2.34. The fourth-order valence-electron chi connectivity index (χ4n) is 2.56. The van der Waals surface area contributed by atoms with Gasteiger partial charge in [-0.25, -0.2) is 0 Å². The first-order valence-electron chi connectivity index (χ1n) is 6.12. The topological polar surface area (TPSA) is 40.5 Å². The summed E-state index contributed by atoms with van der Waals surface area (Å²) in [6.45, 7) is 4.27. The highest BCUT2D eigenvalue weighted by atomic mass is 32.2. The van der Waals surface area contributed by atoms with Crippen molar-refractivity contribution in [2.24, 2.45) is 0 Å². The van der Waals surface area contributed by atoms with Gasteiger partial charge in [-0.05, 0) is 38.5 Å². The van der Waals surface area contributed by atoms with Crippen LogP contribution in [0.5, 0.6) is 0 Å². The molecule has 3 nitrogen and oxygen atoms in total. The largest absolute Gasteiger partial charge is 0.480 e. The third-order valence-corrected chi connectivity index (χ3v) is 5.04. The molecule has 94 valence electrons. The van der Waals surface area contributed by atoms with Gasteiger partial charge in [0, 0.05) is 11.8 Å². The van der Waals surface area contributed by atoms with E-state index in [2.05, 4.69) is 18.7 Å². The van der Waals surface area contributed by atoms with E-state index in [0.29, 0.717) is 6.04 Å². The molecule has 0 radical (unpaired) electrons. The zero-order chi connectivity index (χ0) is 12.2. The van der Waals surface area contributed by atoms with E-state index in [-0.39, 0.29) is 0 Å². The van der Waals surface area contributed by atoms with Crippen molar-refractivity contribution in [2.75, 3.05) is 18.6 Å². The maximum absolute atomic E-state index is 11.6. The molecule has 0 amide bonds. The summed E-state index contributed by atoms with van der Waals surface area (Å²) in [5.41, 5.74) is -0.625. The van der Waals surface area contributed by atoms with Crippen LogP contribution in [0.1, 0.15) is 39.5 Å². The zero-order valence-electron chi connectivity index (χ0n) is 10.5. The second-order valence-electron chi connectivity index (χ2n) is 4.57. The van der Waals surface area contributed by atoms with E-state index >= 15 is 0 Å². The van der Waals surface area contributed by atoms with E-state index in [9.17, 15) is 9.90 Å². The first-order valence-corrected chi connectivity index (χ1v) is 7.28. The molecule has 1 aliphatic heterocycles. The first-order chi connectivity index (χ1) is 7.58. The SMILES string of the molecule is CCC(CC)N(C)C1(C(=O)O)CCCSC1. The van der Waals surface area contributed by atoms with Gasteiger partial charge in [0.1, 0.15) is 5.54 Å². The molecular formula is C12H23NO2S. The molecule has 0 aromatic rings. The Morgan fingerprint density at radius 2 is 2.12 bits per heavy atom. The molecule has 0 spiro atoms. The van der Waals surface area contributed by atoms with E-state index in [1.807, 2.05) is 7.05 Å². The summed E-state index contributed by atoms with van der Waals surface area (Å²) in [6.07, 6.45) is 3.85. The molecule has 1 atom stereocenters. The van der Waals surface area contributed by atoms with Crippen LogP contribution in [0.2, 0.25) is 0 Å². The molecule has 0 aromatic heterocycles. The highest BCUT2D eigenvalue weighted by molar-refractivity contribution is 7.99. The molecule has 0 bridgehead atoms. The van der Waals surface area contributed by atoms with Crippen LogP contribution < -0.4 is 0 Å². The van der Waals surface area contributed by atoms with Gasteiger partial charge in [-0.1, -0.05) is 13.8 Å². The van der Waals surface area contributed by atoms with Gasteiger partial charge in [-0.2, -0.15) is 11.8 Å². The van der Waals surface area contributed by atoms with E-state index in [0.717, 1.165) is 37.2 Å². The van der Waals surface area contributed by atoms with Gasteiger partial charge in [-0.15, -0.1) is 0 Å². The molecule has 1 saturated heterocycles. The minimum absolute atomic E-state index is 0.384. The number of rotatable bonds is 5. The molecule has 1 rings (SSSR count). The molecule has 1 aliphatic rings. The fourth-order valence-corrected chi connectivity index (χ4v) is 3.87. The van der Waals surface area contributed by atoms with Gasteiger partial charge in [0.2, 0.25) is 0 Å². The summed E-state index contributed by atoms with van der Waals surface area (Å²) in [7, 11) is 1.98. The molecule has 0 saturated carbocycles. The molecule has 1 heterocycles. The maximum atomic E-state index is 11.6. The minimum atomic E-state index is -0.644. The van der Waals surface area contributed by atoms with Crippen LogP contribution in [0.15, 0.2) is 0 Å². The Kier molecular flexibility index (Phi) is 5.12. The third kappa shape index (κ3) is 2.54. The van der Waals surface area contributed by atoms with E-state index < -0.39 is 11.5 Å². The van der Waals surface area contributed by atoms with E-state index in [1.165, 1.54) is 0 Å². The Bertz CT molecular complexity index is 235. The normalized spacial score (nSPS) is 26.3. The maximum Gasteiger partial charge on any atom is 0.324 e. The monoisotopic (exact) mass is 245 g/mol. The van der Waals surface area contributed by atoms with E-state index in [4.69, 9.17) is 0 Å². The highest BCUT2D eigenvalue weighted by Gasteiger charge is 2.45. The second kappa shape index (κ2) is 5.92. The van der Waals surface area contributed by atoms with Crippen LogP contribution in [0.3, 0.4) is 0 Å². The summed E-state index contributed by atoms with van der Waals surface area (Å²) >= 11 is 1.77. The Hall–Kier alpha value is -0.220. The molecule has 1 unspecified atom stereocenters. The van der Waals surface area contributed by atoms with Gasteiger partial charge < -0.3 is 5.11 Å². The lowest BCUT2D eigenvalue weighted by Gasteiger charge is -2.44. The van der Waals surface area contributed by atoms with Crippen molar-refractivity contribution in [2.45, 2.75) is 51.1 Å². The number of carbonyl (C=O) groups is 1. The first kappa shape index (κ1) is 13.8. The number of carboxylic acid groups (broad SMARTS) is 1. The predicted octanol–water partition coefficient (Wildman–Crippen LogP) is 2.46. The van der Waals surface area contributed by atoms with Crippen LogP contribution in [-0.4, -0.2) is 46.1 Å². The number of nitrogens with zero attached hydrogens (tertiary/aromatic N) is 1. The van der Waals surface area contributed by atoms with Crippen molar-refractivity contribution in [3.05, 3.63) is 0 Å². The lowest BCUT2D eigenvalue weighted by Crippen LogP contribution is -2.59. The average molecular weight is 245 g/mol. The number of hydrogen-bond acceptors (Lipinski definition) is 3. The lowest BCUT2D eigenvalue weighted by atomic mass is 9.91. The Morgan fingerprint density at radius 1 is 1.50 bits per heavy atom. The minimum Gasteiger partial charge on any atom is -0.480 e. The molecule has 16 heavy (non-hydrogen) atoms. The van der Waals surface area contributed by atoms with Crippen LogP contribution in [0.4, 0.5) is 0 Å². The Morgan fingerprint density at radius 3 is 2.50 bits per heavy atom. The van der Waals surface area contributed by atoms with Crippen LogP contribution >= 0.6 is 11.8 Å². The summed E-state index contributed by atoms with van der Waals surface area (Å²) < 4.78 is 0. The van der Waals surface area contributed by atoms with Gasteiger partial charge >= 0.3 is 5.97 Å². The lowest BCUT2D eigenvalue weighted by molar-refractivity contribution is -0.151. The standard InChI is InChI=1S/C12H23NO2S/c1-4-10(5-2)13(3)12(11(14)15)7-6-8-16-9-12/h10H,4-9H2,1-3H3,(H,14,15). The van der Waals surface area contributed by atoms with Crippen molar-refractivity contribution in [1.82, 2.24) is 4.90 Å². The zero-order valence-corrected chi connectivity index (χ0v) is 11.3. The second-order valence-corrected chi connectivity index (χ2v) is 5.68. The van der Waals surface area contributed by atoms with Crippen molar-refractivity contribution >= 4 is 17.7 Å². The van der Waals surface area contributed by atoms with Crippen LogP contribution in [0.25, 0.3) is 0 Å². The van der Waals surface area contributed by atoms with Gasteiger partial charge in [-0.3, -0.25) is 9.69 Å². The molecule has 0 aromatic carbocycles. The Balaban J connectivity index is 2.87.